The minimum atomic E-state index is -1.79. The van der Waals surface area contributed by atoms with Crippen molar-refractivity contribution in [3.05, 3.63) is 96.1 Å². The molecular weight excluding hydrogens is 701 g/mol. The van der Waals surface area contributed by atoms with Gasteiger partial charge in [0.05, 0.1) is 13.1 Å². The van der Waals surface area contributed by atoms with Gasteiger partial charge >= 0.3 is 0 Å². The minimum absolute atomic E-state index is 0.284. The molecule has 0 saturated carbocycles. The molecule has 4 nitrogen and oxygen atoms in total. The van der Waals surface area contributed by atoms with Crippen LogP contribution in [0, 0.1) is 11.8 Å². The zero-order valence-corrected chi connectivity index (χ0v) is 36.4. The molecule has 2 heterocycles. The summed E-state index contributed by atoms with van der Waals surface area (Å²) in [6.07, 6.45) is 0.863. The fourth-order valence-corrected chi connectivity index (χ4v) is 24.6. The Bertz CT molecular complexity index is 1730. The van der Waals surface area contributed by atoms with Crippen LogP contribution < -0.4 is 0 Å². The number of hydrogen-bond acceptors (Lipinski definition) is 6. The summed E-state index contributed by atoms with van der Waals surface area (Å²) < 4.78 is 0. The SMILES string of the molecule is CC(C)CC[Si](CCC(C)C)(SC(C)CN1CCN=C1C(C)c1cccc2ccccc12)SC(C)CN1CCN=C1C(C)c1cccc2ccccc12. The lowest BCUT2D eigenvalue weighted by atomic mass is 9.93. The number of amidine groups is 2. The zero-order valence-electron chi connectivity index (χ0n) is 33.7. The van der Waals surface area contributed by atoms with Crippen LogP contribution >= 0.6 is 22.4 Å². The van der Waals surface area contributed by atoms with Crippen molar-refractivity contribution in [3.63, 3.8) is 0 Å². The average molecular weight is 765 g/mol. The first-order chi connectivity index (χ1) is 25.5. The summed E-state index contributed by atoms with van der Waals surface area (Å²) in [4.78, 5) is 15.6. The second kappa shape index (κ2) is 18.3. The van der Waals surface area contributed by atoms with Crippen LogP contribution in [0.2, 0.25) is 12.1 Å². The fourth-order valence-electron chi connectivity index (χ4n) is 8.56. The van der Waals surface area contributed by atoms with Gasteiger partial charge in [-0.3, -0.25) is 9.98 Å². The van der Waals surface area contributed by atoms with Gasteiger partial charge in [-0.25, -0.2) is 0 Å². The lowest BCUT2D eigenvalue weighted by Gasteiger charge is -2.39. The molecule has 0 spiro atoms. The second-order valence-electron chi connectivity index (χ2n) is 16.6. The Morgan fingerprint density at radius 1 is 0.547 bits per heavy atom. The molecule has 4 unspecified atom stereocenters. The summed E-state index contributed by atoms with van der Waals surface area (Å²) in [7, 11) is 0. The number of fused-ring (bicyclic) bond motifs is 2. The van der Waals surface area contributed by atoms with Crippen molar-refractivity contribution < 1.29 is 0 Å². The summed E-state index contributed by atoms with van der Waals surface area (Å²) in [6, 6.07) is 34.0. The molecule has 0 bridgehead atoms. The van der Waals surface area contributed by atoms with E-state index in [1.165, 1.54) is 69.3 Å². The molecule has 0 aliphatic carbocycles. The van der Waals surface area contributed by atoms with Crippen molar-refractivity contribution in [1.29, 1.82) is 0 Å². The van der Waals surface area contributed by atoms with Gasteiger partial charge in [-0.1, -0.05) is 153 Å². The molecule has 0 N–H and O–H groups in total. The largest absolute Gasteiger partial charge is 0.357 e. The molecule has 0 fully saturated rings. The predicted octanol–water partition coefficient (Wildman–Crippen LogP) is 12.1. The van der Waals surface area contributed by atoms with Gasteiger partial charge in [-0.15, -0.1) is 0 Å². The van der Waals surface area contributed by atoms with E-state index in [1.807, 2.05) is 0 Å². The average Bonchev–Trinajstić information content (AvgIpc) is 3.81. The number of hydrogen-bond donors (Lipinski definition) is 0. The minimum Gasteiger partial charge on any atom is -0.357 e. The van der Waals surface area contributed by atoms with Crippen molar-refractivity contribution in [2.75, 3.05) is 39.3 Å². The van der Waals surface area contributed by atoms with Gasteiger partial charge in [0.15, 0.2) is 6.37 Å². The molecule has 4 aromatic rings. The first-order valence-corrected chi connectivity index (χ1v) is 26.1. The summed E-state index contributed by atoms with van der Waals surface area (Å²) in [6.45, 7) is 25.5. The molecule has 2 aliphatic heterocycles. The summed E-state index contributed by atoms with van der Waals surface area (Å²) in [5.41, 5.74) is 2.80. The highest BCUT2D eigenvalue weighted by Crippen LogP contribution is 2.47. The van der Waals surface area contributed by atoms with E-state index in [1.54, 1.807) is 0 Å². The molecular formula is C46H64N4S2Si. The highest BCUT2D eigenvalue weighted by molar-refractivity contribution is 8.58. The normalized spacial score (nSPS) is 17.5. The van der Waals surface area contributed by atoms with Crippen molar-refractivity contribution in [1.82, 2.24) is 9.80 Å². The van der Waals surface area contributed by atoms with Gasteiger partial charge < -0.3 is 9.80 Å². The standard InChI is InChI=1S/C46H64N4S2Si/c1-33(2)23-29-53(30-24-34(3)4,51-35(5)31-49-27-25-47-45(49)37(7)41-21-13-17-39-15-9-11-19-43(39)41)52-36(6)32-50-28-26-48-46(50)38(8)42-22-14-18-40-16-10-12-20-44(40)42/h9-22,33-38H,23-32H2,1-8H3. The van der Waals surface area contributed by atoms with E-state index >= 15 is 0 Å². The second-order valence-corrected chi connectivity index (χ2v) is 28.4. The number of nitrogens with zero attached hydrogens (tertiary/aromatic N) is 4. The van der Waals surface area contributed by atoms with E-state index in [0.717, 1.165) is 51.1 Å². The summed E-state index contributed by atoms with van der Waals surface area (Å²) in [5.74, 6) is 4.59. The quantitative estimate of drug-likeness (QED) is 0.0944. The zero-order chi connectivity index (χ0) is 37.5. The van der Waals surface area contributed by atoms with Crippen LogP contribution in [0.15, 0.2) is 94.9 Å². The molecule has 7 heteroatoms. The Labute approximate surface area is 330 Å². The topological polar surface area (TPSA) is 31.2 Å². The van der Waals surface area contributed by atoms with Gasteiger partial charge in [0.2, 0.25) is 0 Å². The van der Waals surface area contributed by atoms with Gasteiger partial charge in [0.25, 0.3) is 0 Å². The number of rotatable bonds is 18. The molecule has 2 aliphatic rings. The van der Waals surface area contributed by atoms with E-state index in [-0.39, 0.29) is 11.8 Å². The monoisotopic (exact) mass is 764 g/mol. The molecule has 4 aromatic carbocycles. The third-order valence-corrected chi connectivity index (χ3v) is 24.5. The van der Waals surface area contributed by atoms with E-state index in [0.29, 0.717) is 10.5 Å². The third-order valence-electron chi connectivity index (χ3n) is 11.3. The van der Waals surface area contributed by atoms with Crippen molar-refractivity contribution in [2.24, 2.45) is 21.8 Å². The smallest absolute Gasteiger partial charge is 0.177 e. The molecule has 284 valence electrons. The Kier molecular flexibility index (Phi) is 13.8. The van der Waals surface area contributed by atoms with Crippen LogP contribution in [0.5, 0.6) is 0 Å². The maximum absolute atomic E-state index is 5.16. The van der Waals surface area contributed by atoms with Crippen molar-refractivity contribution in [2.45, 2.75) is 103 Å². The number of aliphatic imine (C=N–C) groups is 2. The molecule has 6 rings (SSSR count). The number of benzene rings is 4. The highest BCUT2D eigenvalue weighted by Gasteiger charge is 2.40. The van der Waals surface area contributed by atoms with Crippen LogP contribution in [0.4, 0.5) is 0 Å². The van der Waals surface area contributed by atoms with Crippen LogP contribution in [0.3, 0.4) is 0 Å². The maximum Gasteiger partial charge on any atom is 0.177 e. The Hall–Kier alpha value is -2.74. The Balaban J connectivity index is 1.18. The van der Waals surface area contributed by atoms with E-state index in [2.05, 4.69) is 173 Å². The lowest BCUT2D eigenvalue weighted by Crippen LogP contribution is -2.41. The first-order valence-electron chi connectivity index (χ1n) is 20.4. The van der Waals surface area contributed by atoms with Crippen LogP contribution in [0.25, 0.3) is 21.5 Å². The first kappa shape index (κ1) is 39.9. The van der Waals surface area contributed by atoms with Gasteiger partial charge in [0.1, 0.15) is 11.7 Å². The van der Waals surface area contributed by atoms with Gasteiger partial charge in [-0.05, 0) is 56.6 Å². The van der Waals surface area contributed by atoms with Crippen LogP contribution in [-0.2, 0) is 0 Å². The predicted molar refractivity (Wildman–Crippen MR) is 241 cm³/mol. The fraction of sp³-hybridized carbons (Fsp3) is 0.522. The van der Waals surface area contributed by atoms with Crippen LogP contribution in [-0.4, -0.2) is 77.6 Å². The Morgan fingerprint density at radius 3 is 1.36 bits per heavy atom. The maximum atomic E-state index is 5.16. The third kappa shape index (κ3) is 9.93. The summed E-state index contributed by atoms with van der Waals surface area (Å²) in [5, 5.41) is 6.46. The van der Waals surface area contributed by atoms with E-state index < -0.39 is 6.37 Å². The lowest BCUT2D eigenvalue weighted by molar-refractivity contribution is 0.449. The van der Waals surface area contributed by atoms with E-state index in [9.17, 15) is 0 Å². The van der Waals surface area contributed by atoms with Gasteiger partial charge in [0, 0.05) is 48.5 Å². The molecule has 0 radical (unpaired) electrons. The van der Waals surface area contributed by atoms with Gasteiger partial charge in [-0.2, -0.15) is 22.4 Å². The van der Waals surface area contributed by atoms with Crippen molar-refractivity contribution in [3.8, 4) is 0 Å². The Morgan fingerprint density at radius 2 is 0.943 bits per heavy atom. The molecule has 4 atom stereocenters. The highest BCUT2D eigenvalue weighted by atomic mass is 32.6. The van der Waals surface area contributed by atoms with Crippen molar-refractivity contribution >= 4 is 62.0 Å². The molecule has 53 heavy (non-hydrogen) atoms. The molecule has 0 amide bonds. The summed E-state index contributed by atoms with van der Waals surface area (Å²) >= 11 is 4.85. The van der Waals surface area contributed by atoms with Crippen LogP contribution in [0.1, 0.15) is 91.2 Å². The molecule has 0 aromatic heterocycles. The van der Waals surface area contributed by atoms with E-state index in [4.69, 9.17) is 9.98 Å². The molecule has 0 saturated heterocycles.